The highest BCUT2D eigenvalue weighted by Gasteiger charge is 2.21. The summed E-state index contributed by atoms with van der Waals surface area (Å²) >= 11 is 0. The Labute approximate surface area is 99.4 Å². The van der Waals surface area contributed by atoms with Gasteiger partial charge in [0.1, 0.15) is 5.82 Å². The number of benzene rings is 1. The third kappa shape index (κ3) is 2.55. The van der Waals surface area contributed by atoms with Crippen LogP contribution in [0.5, 0.6) is 0 Å². The van der Waals surface area contributed by atoms with Crippen molar-refractivity contribution in [3.63, 3.8) is 0 Å². The number of nitrogens with zero attached hydrogens (tertiary/aromatic N) is 1. The number of amides is 1. The zero-order valence-corrected chi connectivity index (χ0v) is 9.53. The van der Waals surface area contributed by atoms with E-state index >= 15 is 0 Å². The van der Waals surface area contributed by atoms with Crippen LogP contribution in [0, 0.1) is 5.82 Å². The number of piperidine rings is 1. The van der Waals surface area contributed by atoms with Gasteiger partial charge in [-0.05, 0) is 31.0 Å². The molecule has 92 valence electrons. The summed E-state index contributed by atoms with van der Waals surface area (Å²) in [4.78, 5) is 13.3. The van der Waals surface area contributed by atoms with E-state index < -0.39 is 11.7 Å². The van der Waals surface area contributed by atoms with E-state index in [-0.39, 0.29) is 11.6 Å². The minimum atomic E-state index is -0.612. The topological polar surface area (TPSA) is 72.4 Å². The van der Waals surface area contributed by atoms with Crippen molar-refractivity contribution in [2.24, 2.45) is 11.5 Å². The Bertz CT molecular complexity index is 436. The molecule has 0 aliphatic carbocycles. The van der Waals surface area contributed by atoms with Crippen molar-refractivity contribution >= 4 is 11.6 Å². The molecular formula is C12H16FN3O. The van der Waals surface area contributed by atoms with Crippen LogP contribution in [0.3, 0.4) is 0 Å². The minimum Gasteiger partial charge on any atom is -0.369 e. The molecule has 2 rings (SSSR count). The molecule has 1 aliphatic heterocycles. The molecular weight excluding hydrogens is 221 g/mol. The monoisotopic (exact) mass is 237 g/mol. The maximum atomic E-state index is 13.1. The number of carbonyl (C=O) groups is 1. The molecule has 1 unspecified atom stereocenters. The van der Waals surface area contributed by atoms with Crippen molar-refractivity contribution in [3.05, 3.63) is 29.6 Å². The summed E-state index contributed by atoms with van der Waals surface area (Å²) in [5, 5.41) is 0. The van der Waals surface area contributed by atoms with Gasteiger partial charge < -0.3 is 16.4 Å². The number of hydrogen-bond acceptors (Lipinski definition) is 3. The first-order valence-electron chi connectivity index (χ1n) is 5.68. The van der Waals surface area contributed by atoms with Gasteiger partial charge in [-0.15, -0.1) is 0 Å². The normalized spacial score (nSPS) is 20.4. The Kier molecular flexibility index (Phi) is 3.28. The number of carbonyl (C=O) groups excluding carboxylic acids is 1. The van der Waals surface area contributed by atoms with Gasteiger partial charge in [-0.3, -0.25) is 4.79 Å². The first-order valence-corrected chi connectivity index (χ1v) is 5.68. The zero-order valence-electron chi connectivity index (χ0n) is 9.53. The molecule has 1 aromatic carbocycles. The van der Waals surface area contributed by atoms with Gasteiger partial charge in [0, 0.05) is 24.8 Å². The van der Waals surface area contributed by atoms with E-state index in [0.29, 0.717) is 12.2 Å². The molecule has 1 heterocycles. The first kappa shape index (κ1) is 11.9. The van der Waals surface area contributed by atoms with Gasteiger partial charge in [-0.1, -0.05) is 0 Å². The summed E-state index contributed by atoms with van der Waals surface area (Å²) in [5.41, 5.74) is 12.0. The van der Waals surface area contributed by atoms with E-state index in [4.69, 9.17) is 11.5 Å². The van der Waals surface area contributed by atoms with Crippen LogP contribution >= 0.6 is 0 Å². The molecule has 4 N–H and O–H groups in total. The van der Waals surface area contributed by atoms with Gasteiger partial charge >= 0.3 is 0 Å². The SMILES string of the molecule is NC(=O)c1cc(F)ccc1N1CCCC(N)C1. The first-order chi connectivity index (χ1) is 8.08. The summed E-state index contributed by atoms with van der Waals surface area (Å²) in [5.74, 6) is -1.07. The fourth-order valence-corrected chi connectivity index (χ4v) is 2.21. The zero-order chi connectivity index (χ0) is 12.4. The highest BCUT2D eigenvalue weighted by atomic mass is 19.1. The lowest BCUT2D eigenvalue weighted by molar-refractivity contribution is 0.1000. The van der Waals surface area contributed by atoms with E-state index in [9.17, 15) is 9.18 Å². The molecule has 0 radical (unpaired) electrons. The summed E-state index contributed by atoms with van der Waals surface area (Å²) in [6.07, 6.45) is 1.94. The molecule has 1 amide bonds. The second kappa shape index (κ2) is 4.71. The van der Waals surface area contributed by atoms with E-state index in [1.54, 1.807) is 6.07 Å². The van der Waals surface area contributed by atoms with Crippen LogP contribution in [-0.4, -0.2) is 25.0 Å². The third-order valence-electron chi connectivity index (χ3n) is 3.02. The summed E-state index contributed by atoms with van der Waals surface area (Å²) in [6.45, 7) is 1.49. The second-order valence-electron chi connectivity index (χ2n) is 4.37. The summed E-state index contributed by atoms with van der Waals surface area (Å²) in [7, 11) is 0. The van der Waals surface area contributed by atoms with Gasteiger partial charge in [-0.25, -0.2) is 4.39 Å². The van der Waals surface area contributed by atoms with Crippen molar-refractivity contribution in [2.45, 2.75) is 18.9 Å². The molecule has 1 aliphatic rings. The molecule has 1 fully saturated rings. The Morgan fingerprint density at radius 3 is 2.88 bits per heavy atom. The Balaban J connectivity index is 2.33. The number of halogens is 1. The van der Waals surface area contributed by atoms with Crippen LogP contribution in [0.4, 0.5) is 10.1 Å². The summed E-state index contributed by atoms with van der Waals surface area (Å²) < 4.78 is 13.1. The van der Waals surface area contributed by atoms with Crippen LogP contribution < -0.4 is 16.4 Å². The maximum absolute atomic E-state index is 13.1. The van der Waals surface area contributed by atoms with E-state index in [0.717, 1.165) is 19.4 Å². The van der Waals surface area contributed by atoms with Gasteiger partial charge in [0.2, 0.25) is 0 Å². The van der Waals surface area contributed by atoms with E-state index in [2.05, 4.69) is 0 Å². The largest absolute Gasteiger partial charge is 0.369 e. The maximum Gasteiger partial charge on any atom is 0.250 e. The standard InChI is InChI=1S/C12H16FN3O/c13-8-3-4-11(10(6-8)12(15)17)16-5-1-2-9(14)7-16/h3-4,6,9H,1-2,5,7,14H2,(H2,15,17). The van der Waals surface area contributed by atoms with Crippen molar-refractivity contribution < 1.29 is 9.18 Å². The van der Waals surface area contributed by atoms with Crippen molar-refractivity contribution in [2.75, 3.05) is 18.0 Å². The fraction of sp³-hybridized carbons (Fsp3) is 0.417. The second-order valence-corrected chi connectivity index (χ2v) is 4.37. The lowest BCUT2D eigenvalue weighted by Gasteiger charge is -2.33. The van der Waals surface area contributed by atoms with Crippen molar-refractivity contribution in [1.82, 2.24) is 0 Å². The predicted octanol–water partition coefficient (Wildman–Crippen LogP) is 0.852. The van der Waals surface area contributed by atoms with Crippen LogP contribution in [0.15, 0.2) is 18.2 Å². The number of rotatable bonds is 2. The lowest BCUT2D eigenvalue weighted by atomic mass is 10.0. The number of hydrogen-bond donors (Lipinski definition) is 2. The quantitative estimate of drug-likeness (QED) is 0.801. The fourth-order valence-electron chi connectivity index (χ4n) is 2.21. The Morgan fingerprint density at radius 1 is 1.47 bits per heavy atom. The highest BCUT2D eigenvalue weighted by molar-refractivity contribution is 5.98. The molecule has 5 heteroatoms. The molecule has 0 aromatic heterocycles. The van der Waals surface area contributed by atoms with Gasteiger partial charge in [0.25, 0.3) is 5.91 Å². The molecule has 4 nitrogen and oxygen atoms in total. The predicted molar refractivity (Wildman–Crippen MR) is 64.3 cm³/mol. The highest BCUT2D eigenvalue weighted by Crippen LogP contribution is 2.24. The molecule has 0 saturated carbocycles. The molecule has 17 heavy (non-hydrogen) atoms. The van der Waals surface area contributed by atoms with E-state index in [1.807, 2.05) is 4.90 Å². The van der Waals surface area contributed by atoms with Crippen LogP contribution in [0.2, 0.25) is 0 Å². The van der Waals surface area contributed by atoms with Crippen LogP contribution in [0.1, 0.15) is 23.2 Å². The Hall–Kier alpha value is -1.62. The molecule has 1 atom stereocenters. The van der Waals surface area contributed by atoms with Gasteiger partial charge in [-0.2, -0.15) is 0 Å². The molecule has 1 aromatic rings. The lowest BCUT2D eigenvalue weighted by Crippen LogP contribution is -2.43. The third-order valence-corrected chi connectivity index (χ3v) is 3.02. The minimum absolute atomic E-state index is 0.0922. The van der Waals surface area contributed by atoms with Crippen LogP contribution in [-0.2, 0) is 0 Å². The Morgan fingerprint density at radius 2 is 2.24 bits per heavy atom. The van der Waals surface area contributed by atoms with Crippen molar-refractivity contribution in [1.29, 1.82) is 0 Å². The number of primary amides is 1. The van der Waals surface area contributed by atoms with Crippen molar-refractivity contribution in [3.8, 4) is 0 Å². The summed E-state index contributed by atoms with van der Waals surface area (Å²) in [6, 6.07) is 4.20. The van der Waals surface area contributed by atoms with Gasteiger partial charge in [0.15, 0.2) is 0 Å². The average Bonchev–Trinajstić information content (AvgIpc) is 2.28. The molecule has 0 bridgehead atoms. The smallest absolute Gasteiger partial charge is 0.250 e. The molecule has 1 saturated heterocycles. The van der Waals surface area contributed by atoms with Gasteiger partial charge in [0.05, 0.1) is 5.56 Å². The van der Waals surface area contributed by atoms with E-state index in [1.165, 1.54) is 12.1 Å². The number of nitrogens with two attached hydrogens (primary N) is 2. The number of anilines is 1. The average molecular weight is 237 g/mol. The molecule has 0 spiro atoms. The van der Waals surface area contributed by atoms with Crippen LogP contribution in [0.25, 0.3) is 0 Å².